The summed E-state index contributed by atoms with van der Waals surface area (Å²) < 4.78 is 0. The molecule has 0 N–H and O–H groups in total. The van der Waals surface area contributed by atoms with E-state index in [0.717, 1.165) is 34.3 Å². The topological polar surface area (TPSA) is 0 Å². The summed E-state index contributed by atoms with van der Waals surface area (Å²) >= 11 is 0. The van der Waals surface area contributed by atoms with Crippen molar-refractivity contribution in [3.05, 3.63) is 89.6 Å². The lowest BCUT2D eigenvalue weighted by atomic mass is 9.88. The smallest absolute Gasteiger partial charge is 0.00431 e. The maximum Gasteiger partial charge on any atom is -0.00431 e. The van der Waals surface area contributed by atoms with Gasteiger partial charge in [-0.25, -0.2) is 0 Å². The summed E-state index contributed by atoms with van der Waals surface area (Å²) in [6.45, 7) is 14.7. The standard InChI is InChI=1S/C22H24/c1-7-10-15-20(13-8-2)18(5)21(9-3)19(6)22-16-12-11-14-17(22)4/h2,9-16H,5-7H2,1,3-4H3/b15-10-,20-13+,21-9-. The fourth-order valence-electron chi connectivity index (χ4n) is 2.31. The van der Waals surface area contributed by atoms with E-state index in [9.17, 15) is 0 Å². The number of benzene rings is 1. The molecule has 0 aliphatic heterocycles. The Morgan fingerprint density at radius 2 is 1.95 bits per heavy atom. The molecule has 0 unspecified atom stereocenters. The molecular weight excluding hydrogens is 264 g/mol. The van der Waals surface area contributed by atoms with Gasteiger partial charge < -0.3 is 0 Å². The van der Waals surface area contributed by atoms with E-state index in [4.69, 9.17) is 6.42 Å². The highest BCUT2D eigenvalue weighted by molar-refractivity contribution is 5.85. The maximum absolute atomic E-state index is 5.45. The Hall–Kier alpha value is -2.52. The number of aryl methyl sites for hydroxylation is 1. The van der Waals surface area contributed by atoms with Crippen molar-refractivity contribution < 1.29 is 0 Å². The molecule has 22 heavy (non-hydrogen) atoms. The Morgan fingerprint density at radius 1 is 1.27 bits per heavy atom. The molecule has 0 heteroatoms. The van der Waals surface area contributed by atoms with Gasteiger partial charge in [-0.2, -0.15) is 0 Å². The minimum atomic E-state index is 0.901. The van der Waals surface area contributed by atoms with Crippen LogP contribution in [0.25, 0.3) is 5.57 Å². The van der Waals surface area contributed by atoms with E-state index in [2.05, 4.69) is 51.1 Å². The summed E-state index contributed by atoms with van der Waals surface area (Å²) in [7, 11) is 0. The normalized spacial score (nSPS) is 12.3. The van der Waals surface area contributed by atoms with Crippen molar-refractivity contribution in [2.45, 2.75) is 27.2 Å². The van der Waals surface area contributed by atoms with Crippen molar-refractivity contribution in [2.75, 3.05) is 0 Å². The molecule has 0 saturated carbocycles. The Morgan fingerprint density at radius 3 is 2.50 bits per heavy atom. The van der Waals surface area contributed by atoms with Crippen LogP contribution in [-0.4, -0.2) is 0 Å². The van der Waals surface area contributed by atoms with E-state index in [1.807, 2.05) is 31.2 Å². The fraction of sp³-hybridized carbons (Fsp3) is 0.182. The molecule has 0 nitrogen and oxygen atoms in total. The van der Waals surface area contributed by atoms with Gasteiger partial charge >= 0.3 is 0 Å². The number of hydrogen-bond acceptors (Lipinski definition) is 0. The van der Waals surface area contributed by atoms with Crippen molar-refractivity contribution in [3.63, 3.8) is 0 Å². The van der Waals surface area contributed by atoms with Crippen molar-refractivity contribution in [1.29, 1.82) is 0 Å². The molecule has 0 bridgehead atoms. The van der Waals surface area contributed by atoms with Gasteiger partial charge in [0.25, 0.3) is 0 Å². The fourth-order valence-corrected chi connectivity index (χ4v) is 2.31. The van der Waals surface area contributed by atoms with Gasteiger partial charge in [-0.3, -0.25) is 0 Å². The highest BCUT2D eigenvalue weighted by Crippen LogP contribution is 2.32. The summed E-state index contributed by atoms with van der Waals surface area (Å²) in [5, 5.41) is 0. The van der Waals surface area contributed by atoms with Crippen LogP contribution in [0.3, 0.4) is 0 Å². The third-order valence-electron chi connectivity index (χ3n) is 3.53. The average molecular weight is 288 g/mol. The zero-order chi connectivity index (χ0) is 16.5. The van der Waals surface area contributed by atoms with Crippen LogP contribution >= 0.6 is 0 Å². The summed E-state index contributed by atoms with van der Waals surface area (Å²) in [5.74, 6) is 2.60. The molecule has 0 aliphatic rings. The van der Waals surface area contributed by atoms with Crippen LogP contribution < -0.4 is 0 Å². The second kappa shape index (κ2) is 8.70. The van der Waals surface area contributed by atoms with Crippen molar-refractivity contribution in [2.24, 2.45) is 0 Å². The molecule has 1 rings (SSSR count). The Balaban J connectivity index is 3.21. The highest BCUT2D eigenvalue weighted by Gasteiger charge is 2.12. The van der Waals surface area contributed by atoms with Gasteiger partial charge in [0.15, 0.2) is 0 Å². The van der Waals surface area contributed by atoms with E-state index >= 15 is 0 Å². The molecule has 1 aromatic carbocycles. The Bertz CT molecular complexity index is 685. The second-order valence-electron chi connectivity index (χ2n) is 5.05. The van der Waals surface area contributed by atoms with Crippen LogP contribution in [0, 0.1) is 19.3 Å². The summed E-state index contributed by atoms with van der Waals surface area (Å²) in [6, 6.07) is 8.23. The molecule has 0 amide bonds. The predicted octanol–water partition coefficient (Wildman–Crippen LogP) is 6.04. The zero-order valence-electron chi connectivity index (χ0n) is 13.8. The first kappa shape index (κ1) is 17.5. The molecule has 0 saturated heterocycles. The first-order valence-electron chi connectivity index (χ1n) is 7.50. The van der Waals surface area contributed by atoms with E-state index < -0.39 is 0 Å². The van der Waals surface area contributed by atoms with Crippen molar-refractivity contribution in [3.8, 4) is 12.3 Å². The van der Waals surface area contributed by atoms with Gasteiger partial charge in [0.1, 0.15) is 0 Å². The molecule has 0 radical (unpaired) electrons. The number of allylic oxidation sites excluding steroid dienone is 8. The van der Waals surface area contributed by atoms with E-state index in [0.29, 0.717) is 0 Å². The van der Waals surface area contributed by atoms with Crippen molar-refractivity contribution in [1.82, 2.24) is 0 Å². The van der Waals surface area contributed by atoms with Crippen LogP contribution in [0.4, 0.5) is 0 Å². The third-order valence-corrected chi connectivity index (χ3v) is 3.53. The third kappa shape index (κ3) is 4.24. The quantitative estimate of drug-likeness (QED) is 0.442. The zero-order valence-corrected chi connectivity index (χ0v) is 13.8. The van der Waals surface area contributed by atoms with Gasteiger partial charge in [-0.15, -0.1) is 6.42 Å². The monoisotopic (exact) mass is 288 g/mol. The molecule has 0 aromatic heterocycles. The van der Waals surface area contributed by atoms with Crippen LogP contribution in [0.15, 0.2) is 78.4 Å². The molecule has 0 spiro atoms. The minimum Gasteiger partial charge on any atom is -0.115 e. The van der Waals surface area contributed by atoms with Crippen molar-refractivity contribution >= 4 is 5.57 Å². The average Bonchev–Trinajstić information content (AvgIpc) is 2.52. The molecule has 0 aliphatic carbocycles. The van der Waals surface area contributed by atoms with E-state index in [1.54, 1.807) is 6.08 Å². The van der Waals surface area contributed by atoms with Gasteiger partial charge in [0, 0.05) is 0 Å². The summed E-state index contributed by atoms with van der Waals surface area (Å²) in [5.41, 5.74) is 6.18. The Labute approximate surface area is 135 Å². The van der Waals surface area contributed by atoms with E-state index in [-0.39, 0.29) is 0 Å². The van der Waals surface area contributed by atoms with Crippen LogP contribution in [-0.2, 0) is 0 Å². The molecule has 0 fully saturated rings. The number of terminal acetylenes is 1. The molecule has 0 heterocycles. The maximum atomic E-state index is 5.45. The van der Waals surface area contributed by atoms with E-state index in [1.165, 1.54) is 5.56 Å². The number of hydrogen-bond donors (Lipinski definition) is 0. The Kier molecular flexibility index (Phi) is 6.93. The summed E-state index contributed by atoms with van der Waals surface area (Å²) in [6.07, 6.45) is 14.3. The predicted molar refractivity (Wildman–Crippen MR) is 99.5 cm³/mol. The lowest BCUT2D eigenvalue weighted by Crippen LogP contribution is -1.97. The molecule has 0 atom stereocenters. The van der Waals surface area contributed by atoms with Gasteiger partial charge in [-0.1, -0.05) is 68.5 Å². The first-order chi connectivity index (χ1) is 10.6. The number of rotatable bonds is 6. The second-order valence-corrected chi connectivity index (χ2v) is 5.05. The van der Waals surface area contributed by atoms with Gasteiger partial charge in [-0.05, 0) is 59.8 Å². The SMILES string of the molecule is C#C/C=C(\C=C/CC)C(=C)/C(=C/C)C(=C)c1ccccc1C. The molecular formula is C22H24. The van der Waals surface area contributed by atoms with Gasteiger partial charge in [0.2, 0.25) is 0 Å². The largest absolute Gasteiger partial charge is 0.115 e. The molecule has 1 aromatic rings. The minimum absolute atomic E-state index is 0.901. The highest BCUT2D eigenvalue weighted by atomic mass is 14.2. The first-order valence-corrected chi connectivity index (χ1v) is 7.50. The lowest BCUT2D eigenvalue weighted by molar-refractivity contribution is 1.22. The van der Waals surface area contributed by atoms with Crippen LogP contribution in [0.2, 0.25) is 0 Å². The lowest BCUT2D eigenvalue weighted by Gasteiger charge is -2.16. The van der Waals surface area contributed by atoms with Gasteiger partial charge in [0.05, 0.1) is 0 Å². The summed E-state index contributed by atoms with van der Waals surface area (Å²) in [4.78, 5) is 0. The van der Waals surface area contributed by atoms with Crippen LogP contribution in [0.1, 0.15) is 31.4 Å². The molecule has 112 valence electrons. The van der Waals surface area contributed by atoms with Crippen LogP contribution in [0.5, 0.6) is 0 Å².